The molecule has 6 nitrogen and oxygen atoms in total. The van der Waals surface area contributed by atoms with Gasteiger partial charge in [-0.15, -0.1) is 0 Å². The highest BCUT2D eigenvalue weighted by atomic mass is 16.4. The summed E-state index contributed by atoms with van der Waals surface area (Å²) in [6, 6.07) is 5.13. The molecule has 0 atom stereocenters. The van der Waals surface area contributed by atoms with Crippen LogP contribution < -0.4 is 5.32 Å². The summed E-state index contributed by atoms with van der Waals surface area (Å²) >= 11 is 0. The zero-order valence-electron chi connectivity index (χ0n) is 12.1. The lowest BCUT2D eigenvalue weighted by Crippen LogP contribution is -2.25. The van der Waals surface area contributed by atoms with Crippen molar-refractivity contribution in [3.63, 3.8) is 0 Å². The quantitative estimate of drug-likeness (QED) is 0.713. The minimum atomic E-state index is -0.773. The standard InChI is InChI=1S/C15H19N3O3/c1-11-12(10-16)7-8-13(18-11)15(21)17-9-5-3-2-4-6-14(19)20/h7-8H,2-6,9H2,1H3,(H,17,21)(H,19,20). The molecular weight excluding hydrogens is 270 g/mol. The number of carbonyl (C=O) groups is 2. The first-order chi connectivity index (χ1) is 10.0. The molecular formula is C15H19N3O3. The lowest BCUT2D eigenvalue weighted by Gasteiger charge is -2.05. The lowest BCUT2D eigenvalue weighted by atomic mass is 10.1. The van der Waals surface area contributed by atoms with Crippen molar-refractivity contribution in [3.8, 4) is 6.07 Å². The normalized spacial score (nSPS) is 9.90. The van der Waals surface area contributed by atoms with Gasteiger partial charge in [0.05, 0.1) is 11.3 Å². The maximum atomic E-state index is 11.8. The number of unbranched alkanes of at least 4 members (excludes halogenated alkanes) is 3. The molecule has 0 aliphatic rings. The number of amides is 1. The maximum Gasteiger partial charge on any atom is 0.303 e. The van der Waals surface area contributed by atoms with Gasteiger partial charge in [-0.1, -0.05) is 12.8 Å². The van der Waals surface area contributed by atoms with Crippen LogP contribution in [0.2, 0.25) is 0 Å². The second kappa shape index (κ2) is 8.69. The van der Waals surface area contributed by atoms with Gasteiger partial charge in [-0.3, -0.25) is 9.59 Å². The van der Waals surface area contributed by atoms with E-state index in [0.29, 0.717) is 29.9 Å². The highest BCUT2D eigenvalue weighted by Crippen LogP contribution is 2.06. The summed E-state index contributed by atoms with van der Waals surface area (Å²) in [5.41, 5.74) is 1.31. The number of aliphatic carboxylic acids is 1. The predicted octanol–water partition coefficient (Wildman–Crippen LogP) is 2.03. The Labute approximate surface area is 123 Å². The van der Waals surface area contributed by atoms with E-state index in [2.05, 4.69) is 10.3 Å². The summed E-state index contributed by atoms with van der Waals surface area (Å²) in [5.74, 6) is -1.03. The molecule has 1 aromatic heterocycles. The number of carboxylic acid groups (broad SMARTS) is 1. The first-order valence-corrected chi connectivity index (χ1v) is 6.92. The molecule has 112 valence electrons. The van der Waals surface area contributed by atoms with Crippen molar-refractivity contribution in [2.45, 2.75) is 39.0 Å². The largest absolute Gasteiger partial charge is 0.481 e. The smallest absolute Gasteiger partial charge is 0.303 e. The summed E-state index contributed by atoms with van der Waals surface area (Å²) < 4.78 is 0. The highest BCUT2D eigenvalue weighted by Gasteiger charge is 2.08. The van der Waals surface area contributed by atoms with Gasteiger partial charge in [0, 0.05) is 13.0 Å². The van der Waals surface area contributed by atoms with E-state index in [0.717, 1.165) is 19.3 Å². The minimum Gasteiger partial charge on any atom is -0.481 e. The number of rotatable bonds is 8. The zero-order chi connectivity index (χ0) is 15.7. The number of nitrogens with zero attached hydrogens (tertiary/aromatic N) is 2. The molecule has 0 fully saturated rings. The SMILES string of the molecule is Cc1nc(C(=O)NCCCCCCC(=O)O)ccc1C#N. The van der Waals surface area contributed by atoms with Gasteiger partial charge in [-0.2, -0.15) is 5.26 Å². The van der Waals surface area contributed by atoms with Crippen LogP contribution >= 0.6 is 0 Å². The second-order valence-corrected chi connectivity index (χ2v) is 4.76. The van der Waals surface area contributed by atoms with E-state index in [1.54, 1.807) is 13.0 Å². The molecule has 1 heterocycles. The Hall–Kier alpha value is -2.42. The molecule has 21 heavy (non-hydrogen) atoms. The summed E-state index contributed by atoms with van der Waals surface area (Å²) in [5, 5.41) is 20.1. The van der Waals surface area contributed by atoms with Gasteiger partial charge in [-0.25, -0.2) is 4.98 Å². The topological polar surface area (TPSA) is 103 Å². The summed E-state index contributed by atoms with van der Waals surface area (Å²) in [6.07, 6.45) is 3.39. The Morgan fingerprint density at radius 1 is 1.29 bits per heavy atom. The number of aromatic nitrogens is 1. The third-order valence-electron chi connectivity index (χ3n) is 3.04. The number of hydrogen-bond acceptors (Lipinski definition) is 4. The zero-order valence-corrected chi connectivity index (χ0v) is 12.1. The van der Waals surface area contributed by atoms with Gasteiger partial charge < -0.3 is 10.4 Å². The van der Waals surface area contributed by atoms with Crippen LogP contribution in [0.25, 0.3) is 0 Å². The van der Waals surface area contributed by atoms with E-state index >= 15 is 0 Å². The number of nitriles is 1. The van der Waals surface area contributed by atoms with Crippen LogP contribution in [0.3, 0.4) is 0 Å². The molecule has 2 N–H and O–H groups in total. The van der Waals surface area contributed by atoms with Crippen molar-refractivity contribution >= 4 is 11.9 Å². The van der Waals surface area contributed by atoms with Crippen LogP contribution in [0.4, 0.5) is 0 Å². The minimum absolute atomic E-state index is 0.195. The first-order valence-electron chi connectivity index (χ1n) is 6.92. The van der Waals surface area contributed by atoms with Gasteiger partial charge in [0.15, 0.2) is 0 Å². The van der Waals surface area contributed by atoms with Crippen molar-refractivity contribution < 1.29 is 14.7 Å². The van der Waals surface area contributed by atoms with Gasteiger partial charge in [-0.05, 0) is 31.9 Å². The average Bonchev–Trinajstić information content (AvgIpc) is 2.45. The van der Waals surface area contributed by atoms with Gasteiger partial charge in [0.25, 0.3) is 5.91 Å². The molecule has 0 saturated heterocycles. The van der Waals surface area contributed by atoms with Crippen molar-refractivity contribution in [3.05, 3.63) is 29.1 Å². The van der Waals surface area contributed by atoms with Crippen LogP contribution in [-0.2, 0) is 4.79 Å². The molecule has 1 aromatic rings. The Balaban J connectivity index is 2.27. The third kappa shape index (κ3) is 6.04. The Bertz CT molecular complexity index is 550. The molecule has 0 aliphatic carbocycles. The third-order valence-corrected chi connectivity index (χ3v) is 3.04. The molecule has 0 radical (unpaired) electrons. The van der Waals surface area contributed by atoms with Crippen LogP contribution in [0.1, 0.15) is 53.8 Å². The number of aryl methyl sites for hydroxylation is 1. The van der Waals surface area contributed by atoms with E-state index in [1.165, 1.54) is 6.07 Å². The van der Waals surface area contributed by atoms with Crippen molar-refractivity contribution in [1.82, 2.24) is 10.3 Å². The first kappa shape index (κ1) is 16.6. The Morgan fingerprint density at radius 3 is 2.62 bits per heavy atom. The monoisotopic (exact) mass is 289 g/mol. The molecule has 1 rings (SSSR count). The molecule has 0 aliphatic heterocycles. The van der Waals surface area contributed by atoms with Gasteiger partial charge in [0.2, 0.25) is 0 Å². The van der Waals surface area contributed by atoms with E-state index in [4.69, 9.17) is 10.4 Å². The summed E-state index contributed by atoms with van der Waals surface area (Å²) in [4.78, 5) is 26.3. The van der Waals surface area contributed by atoms with Crippen molar-refractivity contribution in [2.24, 2.45) is 0 Å². The van der Waals surface area contributed by atoms with Crippen LogP contribution in [-0.4, -0.2) is 28.5 Å². The fourth-order valence-electron chi connectivity index (χ4n) is 1.85. The van der Waals surface area contributed by atoms with Crippen molar-refractivity contribution in [2.75, 3.05) is 6.54 Å². The second-order valence-electron chi connectivity index (χ2n) is 4.76. The van der Waals surface area contributed by atoms with Gasteiger partial charge in [0.1, 0.15) is 11.8 Å². The van der Waals surface area contributed by atoms with Crippen LogP contribution in [0.5, 0.6) is 0 Å². The molecule has 1 amide bonds. The van der Waals surface area contributed by atoms with Crippen LogP contribution in [0, 0.1) is 18.3 Å². The number of hydrogen-bond donors (Lipinski definition) is 2. The summed E-state index contributed by atoms with van der Waals surface area (Å²) in [7, 11) is 0. The predicted molar refractivity (Wildman–Crippen MR) is 76.7 cm³/mol. The average molecular weight is 289 g/mol. The molecule has 0 bridgehead atoms. The fraction of sp³-hybridized carbons (Fsp3) is 0.467. The Kier molecular flexibility index (Phi) is 6.88. The van der Waals surface area contributed by atoms with Crippen molar-refractivity contribution in [1.29, 1.82) is 5.26 Å². The van der Waals surface area contributed by atoms with Crippen LogP contribution in [0.15, 0.2) is 12.1 Å². The summed E-state index contributed by atoms with van der Waals surface area (Å²) in [6.45, 7) is 2.23. The molecule has 0 saturated carbocycles. The maximum absolute atomic E-state index is 11.8. The molecule has 6 heteroatoms. The molecule has 0 unspecified atom stereocenters. The number of pyridine rings is 1. The van der Waals surface area contributed by atoms with Gasteiger partial charge >= 0.3 is 5.97 Å². The highest BCUT2D eigenvalue weighted by molar-refractivity contribution is 5.92. The number of carbonyl (C=O) groups excluding carboxylic acids is 1. The Morgan fingerprint density at radius 2 is 2.00 bits per heavy atom. The van der Waals surface area contributed by atoms with E-state index in [1.807, 2.05) is 6.07 Å². The lowest BCUT2D eigenvalue weighted by molar-refractivity contribution is -0.137. The molecule has 0 aromatic carbocycles. The van der Waals surface area contributed by atoms with E-state index in [9.17, 15) is 9.59 Å². The van der Waals surface area contributed by atoms with E-state index < -0.39 is 5.97 Å². The fourth-order valence-corrected chi connectivity index (χ4v) is 1.85. The molecule has 0 spiro atoms. The van der Waals surface area contributed by atoms with E-state index in [-0.39, 0.29) is 12.3 Å². The number of nitrogens with one attached hydrogen (secondary N) is 1. The number of carboxylic acids is 1.